The number of rotatable bonds is 4. The lowest BCUT2D eigenvalue weighted by Gasteiger charge is -2.32. The van der Waals surface area contributed by atoms with Gasteiger partial charge in [-0.15, -0.1) is 0 Å². The average Bonchev–Trinajstić information content (AvgIpc) is 2.40. The van der Waals surface area contributed by atoms with E-state index in [2.05, 4.69) is 4.90 Å². The van der Waals surface area contributed by atoms with Gasteiger partial charge in [-0.05, 0) is 24.9 Å². The molecule has 3 N–H and O–H groups in total. The Bertz CT molecular complexity index is 394. The molecule has 18 heavy (non-hydrogen) atoms. The molecule has 2 rings (SSSR count). The van der Waals surface area contributed by atoms with Gasteiger partial charge in [0.25, 0.3) is 0 Å². The molecule has 1 saturated heterocycles. The monoisotopic (exact) mass is 248 g/mol. The molecule has 4 heteroatoms. The van der Waals surface area contributed by atoms with E-state index in [1.165, 1.54) is 0 Å². The summed E-state index contributed by atoms with van der Waals surface area (Å²) in [7, 11) is 0. The predicted octanol–water partition coefficient (Wildman–Crippen LogP) is 0.917. The Labute approximate surface area is 107 Å². The number of hydrogen-bond donors (Lipinski definition) is 2. The summed E-state index contributed by atoms with van der Waals surface area (Å²) >= 11 is 0. The number of hydrogen-bond acceptors (Lipinski definition) is 3. The quantitative estimate of drug-likeness (QED) is 0.832. The topological polar surface area (TPSA) is 66.6 Å². The zero-order valence-electron chi connectivity index (χ0n) is 10.5. The molecule has 1 amide bonds. The van der Waals surface area contributed by atoms with E-state index in [4.69, 9.17) is 5.73 Å². The van der Waals surface area contributed by atoms with Crippen LogP contribution in [0, 0.1) is 5.92 Å². The number of β-amino-alcohol motifs (C(OH)–C–C–N with tert-alkyl or cyclic N) is 1. The molecule has 98 valence electrons. The Balaban J connectivity index is 1.91. The van der Waals surface area contributed by atoms with Crippen LogP contribution >= 0.6 is 0 Å². The van der Waals surface area contributed by atoms with Crippen molar-refractivity contribution in [1.82, 2.24) is 4.90 Å². The summed E-state index contributed by atoms with van der Waals surface area (Å²) in [5.74, 6) is -0.296. The lowest BCUT2D eigenvalue weighted by molar-refractivity contribution is -0.123. The molecule has 2 atom stereocenters. The number of carbonyl (C=O) groups is 1. The molecule has 0 radical (unpaired) electrons. The number of piperidine rings is 1. The predicted molar refractivity (Wildman–Crippen MR) is 69.8 cm³/mol. The first-order valence-electron chi connectivity index (χ1n) is 6.41. The van der Waals surface area contributed by atoms with Crippen LogP contribution in [0.15, 0.2) is 30.3 Å². The second-order valence-electron chi connectivity index (χ2n) is 4.93. The SMILES string of the molecule is NC(=O)C1CCCN(CC(O)c2ccccc2)C1. The number of benzene rings is 1. The normalized spacial score (nSPS) is 22.6. The number of carbonyl (C=O) groups excluding carboxylic acids is 1. The average molecular weight is 248 g/mol. The Morgan fingerprint density at radius 1 is 1.44 bits per heavy atom. The molecule has 1 aromatic rings. The van der Waals surface area contributed by atoms with Crippen LogP contribution in [0.1, 0.15) is 24.5 Å². The van der Waals surface area contributed by atoms with Gasteiger partial charge in [0, 0.05) is 13.1 Å². The Morgan fingerprint density at radius 2 is 2.17 bits per heavy atom. The zero-order chi connectivity index (χ0) is 13.0. The molecule has 0 bridgehead atoms. The van der Waals surface area contributed by atoms with Gasteiger partial charge in [0.15, 0.2) is 0 Å². The molecule has 2 unspecified atom stereocenters. The molecule has 1 aliphatic rings. The van der Waals surface area contributed by atoms with E-state index in [9.17, 15) is 9.90 Å². The van der Waals surface area contributed by atoms with Crippen LogP contribution in [0.3, 0.4) is 0 Å². The first kappa shape index (κ1) is 13.1. The van der Waals surface area contributed by atoms with Gasteiger partial charge in [0.1, 0.15) is 0 Å². The molecule has 1 heterocycles. The Hall–Kier alpha value is -1.39. The molecule has 4 nitrogen and oxygen atoms in total. The van der Waals surface area contributed by atoms with Crippen LogP contribution in [-0.4, -0.2) is 35.5 Å². The second kappa shape index (κ2) is 5.98. The summed E-state index contributed by atoms with van der Waals surface area (Å²) in [6.45, 7) is 2.15. The molecule has 1 aromatic carbocycles. The van der Waals surface area contributed by atoms with Gasteiger partial charge in [-0.25, -0.2) is 0 Å². The van der Waals surface area contributed by atoms with Gasteiger partial charge >= 0.3 is 0 Å². The van der Waals surface area contributed by atoms with E-state index >= 15 is 0 Å². The number of aliphatic hydroxyl groups is 1. The first-order chi connectivity index (χ1) is 8.66. The summed E-state index contributed by atoms with van der Waals surface area (Å²) in [5.41, 5.74) is 6.26. The van der Waals surface area contributed by atoms with Gasteiger partial charge in [-0.2, -0.15) is 0 Å². The number of aliphatic hydroxyl groups excluding tert-OH is 1. The van der Waals surface area contributed by atoms with Crippen LogP contribution in [0.5, 0.6) is 0 Å². The lowest BCUT2D eigenvalue weighted by Crippen LogP contribution is -2.42. The summed E-state index contributed by atoms with van der Waals surface area (Å²) < 4.78 is 0. The Kier molecular flexibility index (Phi) is 4.33. The summed E-state index contributed by atoms with van der Waals surface area (Å²) in [6.07, 6.45) is 1.33. The highest BCUT2D eigenvalue weighted by atomic mass is 16.3. The van der Waals surface area contributed by atoms with Crippen molar-refractivity contribution in [3.63, 3.8) is 0 Å². The third-order valence-corrected chi connectivity index (χ3v) is 3.52. The fraction of sp³-hybridized carbons (Fsp3) is 0.500. The standard InChI is InChI=1S/C14H20N2O2/c15-14(18)12-7-4-8-16(9-12)10-13(17)11-5-2-1-3-6-11/h1-3,5-6,12-13,17H,4,7-10H2,(H2,15,18). The van der Waals surface area contributed by atoms with Crippen LogP contribution in [-0.2, 0) is 4.79 Å². The molecule has 0 aromatic heterocycles. The highest BCUT2D eigenvalue weighted by molar-refractivity contribution is 5.76. The van der Waals surface area contributed by atoms with E-state index in [0.717, 1.165) is 24.9 Å². The van der Waals surface area contributed by atoms with Gasteiger partial charge in [-0.1, -0.05) is 30.3 Å². The van der Waals surface area contributed by atoms with Gasteiger partial charge < -0.3 is 10.8 Å². The van der Waals surface area contributed by atoms with Crippen LogP contribution in [0.4, 0.5) is 0 Å². The van der Waals surface area contributed by atoms with Crippen molar-refractivity contribution in [2.45, 2.75) is 18.9 Å². The molecule has 1 fully saturated rings. The maximum absolute atomic E-state index is 11.2. The van der Waals surface area contributed by atoms with Crippen molar-refractivity contribution in [3.8, 4) is 0 Å². The van der Waals surface area contributed by atoms with E-state index < -0.39 is 6.10 Å². The van der Waals surface area contributed by atoms with Crippen molar-refractivity contribution >= 4 is 5.91 Å². The molecule has 0 aliphatic carbocycles. The molecule has 0 spiro atoms. The number of amides is 1. The van der Waals surface area contributed by atoms with Crippen molar-refractivity contribution in [3.05, 3.63) is 35.9 Å². The van der Waals surface area contributed by atoms with Crippen LogP contribution in [0.25, 0.3) is 0 Å². The van der Waals surface area contributed by atoms with E-state index in [-0.39, 0.29) is 11.8 Å². The third-order valence-electron chi connectivity index (χ3n) is 3.52. The van der Waals surface area contributed by atoms with Crippen molar-refractivity contribution in [2.24, 2.45) is 11.7 Å². The van der Waals surface area contributed by atoms with Gasteiger partial charge in [0.05, 0.1) is 12.0 Å². The van der Waals surface area contributed by atoms with Gasteiger partial charge in [-0.3, -0.25) is 9.69 Å². The fourth-order valence-corrected chi connectivity index (χ4v) is 2.48. The minimum Gasteiger partial charge on any atom is -0.387 e. The third kappa shape index (κ3) is 3.31. The smallest absolute Gasteiger partial charge is 0.221 e. The minimum atomic E-state index is -0.502. The highest BCUT2D eigenvalue weighted by Crippen LogP contribution is 2.20. The van der Waals surface area contributed by atoms with E-state index in [1.807, 2.05) is 30.3 Å². The molecule has 0 saturated carbocycles. The van der Waals surface area contributed by atoms with Gasteiger partial charge in [0.2, 0.25) is 5.91 Å². The lowest BCUT2D eigenvalue weighted by atomic mass is 9.97. The zero-order valence-corrected chi connectivity index (χ0v) is 10.5. The maximum Gasteiger partial charge on any atom is 0.221 e. The minimum absolute atomic E-state index is 0.0678. The second-order valence-corrected chi connectivity index (χ2v) is 4.93. The van der Waals surface area contributed by atoms with E-state index in [1.54, 1.807) is 0 Å². The van der Waals surface area contributed by atoms with Crippen LogP contribution < -0.4 is 5.73 Å². The number of primary amides is 1. The summed E-state index contributed by atoms with van der Waals surface area (Å²) in [4.78, 5) is 13.3. The molecule has 1 aliphatic heterocycles. The number of likely N-dealkylation sites (tertiary alicyclic amines) is 1. The first-order valence-corrected chi connectivity index (χ1v) is 6.41. The summed E-state index contributed by atoms with van der Waals surface area (Å²) in [6, 6.07) is 9.60. The van der Waals surface area contributed by atoms with Crippen LogP contribution in [0.2, 0.25) is 0 Å². The van der Waals surface area contributed by atoms with Crippen molar-refractivity contribution in [2.75, 3.05) is 19.6 Å². The largest absolute Gasteiger partial charge is 0.387 e. The molecular weight excluding hydrogens is 228 g/mol. The maximum atomic E-state index is 11.2. The highest BCUT2D eigenvalue weighted by Gasteiger charge is 2.25. The number of nitrogens with zero attached hydrogens (tertiary/aromatic N) is 1. The Morgan fingerprint density at radius 3 is 2.83 bits per heavy atom. The summed E-state index contributed by atoms with van der Waals surface area (Å²) in [5, 5.41) is 10.1. The van der Waals surface area contributed by atoms with Crippen molar-refractivity contribution < 1.29 is 9.90 Å². The van der Waals surface area contributed by atoms with E-state index in [0.29, 0.717) is 13.1 Å². The number of nitrogens with two attached hydrogens (primary N) is 1. The van der Waals surface area contributed by atoms with Crippen molar-refractivity contribution in [1.29, 1.82) is 0 Å². The fourth-order valence-electron chi connectivity index (χ4n) is 2.48. The molecular formula is C14H20N2O2.